The maximum Gasteiger partial charge on any atom is 0.246 e. The first-order valence-corrected chi connectivity index (χ1v) is 8.16. The highest BCUT2D eigenvalue weighted by Crippen LogP contribution is 2.65. The molecule has 1 saturated carbocycles. The first-order valence-electron chi connectivity index (χ1n) is 8.16. The van der Waals surface area contributed by atoms with E-state index in [1.165, 1.54) is 5.56 Å². The Kier molecular flexibility index (Phi) is 2.24. The molecule has 0 unspecified atom stereocenters. The highest BCUT2D eigenvalue weighted by molar-refractivity contribution is 6.00. The van der Waals surface area contributed by atoms with Crippen molar-refractivity contribution >= 4 is 17.5 Å². The zero-order valence-electron chi connectivity index (χ0n) is 12.8. The summed E-state index contributed by atoms with van der Waals surface area (Å²) in [6, 6.07) is 8.06. The van der Waals surface area contributed by atoms with E-state index in [1.807, 2.05) is 35.3 Å². The molecule has 1 aromatic rings. The lowest BCUT2D eigenvalue weighted by molar-refractivity contribution is -0.129. The summed E-state index contributed by atoms with van der Waals surface area (Å²) >= 11 is 0. The van der Waals surface area contributed by atoms with Crippen LogP contribution in [-0.2, 0) is 15.0 Å². The van der Waals surface area contributed by atoms with Gasteiger partial charge < -0.3 is 10.2 Å². The van der Waals surface area contributed by atoms with Crippen LogP contribution in [0.5, 0.6) is 0 Å². The summed E-state index contributed by atoms with van der Waals surface area (Å²) in [5, 5.41) is 3.07. The zero-order chi connectivity index (χ0) is 15.8. The Hall–Kier alpha value is -2.36. The lowest BCUT2D eigenvalue weighted by atomic mass is 9.65. The van der Waals surface area contributed by atoms with E-state index in [2.05, 4.69) is 18.0 Å². The molecule has 4 nitrogen and oxygen atoms in total. The first-order chi connectivity index (χ1) is 11.1. The maximum absolute atomic E-state index is 12.8. The fourth-order valence-electron chi connectivity index (χ4n) is 5.63. The number of para-hydroxylation sites is 1. The molecule has 23 heavy (non-hydrogen) atoms. The van der Waals surface area contributed by atoms with Crippen LogP contribution in [0.3, 0.4) is 0 Å². The van der Waals surface area contributed by atoms with Gasteiger partial charge in [0.2, 0.25) is 11.8 Å². The monoisotopic (exact) mass is 306 g/mol. The van der Waals surface area contributed by atoms with Crippen molar-refractivity contribution in [2.75, 3.05) is 11.9 Å². The second-order valence-corrected chi connectivity index (χ2v) is 7.17. The molecule has 116 valence electrons. The minimum absolute atomic E-state index is 0.00204. The van der Waals surface area contributed by atoms with Gasteiger partial charge in [-0.2, -0.15) is 0 Å². The smallest absolute Gasteiger partial charge is 0.246 e. The largest absolute Gasteiger partial charge is 0.334 e. The summed E-state index contributed by atoms with van der Waals surface area (Å²) in [5.41, 5.74) is 1.50. The fourth-order valence-corrected chi connectivity index (χ4v) is 5.63. The Morgan fingerprint density at radius 2 is 2.13 bits per heavy atom. The number of hydrogen-bond acceptors (Lipinski definition) is 2. The molecule has 0 bridgehead atoms. The molecular weight excluding hydrogens is 288 g/mol. The van der Waals surface area contributed by atoms with Crippen molar-refractivity contribution in [1.29, 1.82) is 0 Å². The van der Waals surface area contributed by atoms with Crippen molar-refractivity contribution in [2.24, 2.45) is 11.3 Å². The highest BCUT2D eigenvalue weighted by atomic mass is 16.2. The van der Waals surface area contributed by atoms with Crippen molar-refractivity contribution in [1.82, 2.24) is 4.90 Å². The summed E-state index contributed by atoms with van der Waals surface area (Å²) < 4.78 is 0. The summed E-state index contributed by atoms with van der Waals surface area (Å²) in [5.74, 6) is 0.0384. The molecule has 4 aliphatic rings. The summed E-state index contributed by atoms with van der Waals surface area (Å²) in [6.45, 7) is 4.76. The van der Waals surface area contributed by atoms with Gasteiger partial charge in [-0.1, -0.05) is 30.4 Å². The van der Waals surface area contributed by atoms with Crippen LogP contribution in [0.2, 0.25) is 0 Å². The summed E-state index contributed by atoms with van der Waals surface area (Å²) in [6.07, 6.45) is 7.18. The van der Waals surface area contributed by atoms with Crippen molar-refractivity contribution in [3.8, 4) is 0 Å². The van der Waals surface area contributed by atoms with Crippen LogP contribution in [0.4, 0.5) is 5.69 Å². The Labute approximate surface area is 134 Å². The van der Waals surface area contributed by atoms with E-state index in [4.69, 9.17) is 0 Å². The Balaban J connectivity index is 1.83. The van der Waals surface area contributed by atoms with Gasteiger partial charge in [0.05, 0.1) is 12.0 Å². The molecule has 2 amide bonds. The number of hydrogen-bond donors (Lipinski definition) is 1. The number of nitrogens with one attached hydrogen (secondary N) is 1. The molecule has 1 aliphatic carbocycles. The van der Waals surface area contributed by atoms with Crippen LogP contribution >= 0.6 is 0 Å². The van der Waals surface area contributed by atoms with Crippen molar-refractivity contribution in [3.05, 3.63) is 54.6 Å². The number of amides is 2. The molecule has 0 aromatic heterocycles. The average Bonchev–Trinajstić information content (AvgIpc) is 3.10. The van der Waals surface area contributed by atoms with E-state index in [9.17, 15) is 9.59 Å². The van der Waals surface area contributed by atoms with Gasteiger partial charge in [0.15, 0.2) is 0 Å². The number of carbonyl (C=O) groups is 2. The Morgan fingerprint density at radius 3 is 2.96 bits per heavy atom. The number of nitrogens with zero attached hydrogens (tertiary/aromatic N) is 1. The Bertz CT molecular complexity index is 798. The molecule has 3 heterocycles. The summed E-state index contributed by atoms with van der Waals surface area (Å²) in [4.78, 5) is 27.2. The second kappa shape index (κ2) is 3.94. The van der Waals surface area contributed by atoms with Gasteiger partial charge >= 0.3 is 0 Å². The van der Waals surface area contributed by atoms with Crippen LogP contribution in [0.15, 0.2) is 49.1 Å². The minimum Gasteiger partial charge on any atom is -0.334 e. The van der Waals surface area contributed by atoms with Crippen molar-refractivity contribution < 1.29 is 9.59 Å². The van der Waals surface area contributed by atoms with E-state index >= 15 is 0 Å². The molecule has 1 saturated heterocycles. The second-order valence-electron chi connectivity index (χ2n) is 7.17. The quantitative estimate of drug-likeness (QED) is 0.809. The van der Waals surface area contributed by atoms with Gasteiger partial charge in [0.1, 0.15) is 0 Å². The molecule has 0 radical (unpaired) electrons. The number of benzene rings is 1. The lowest BCUT2D eigenvalue weighted by Gasteiger charge is -2.44. The zero-order valence-corrected chi connectivity index (χ0v) is 12.8. The molecule has 4 atom stereocenters. The third-order valence-corrected chi connectivity index (χ3v) is 6.46. The van der Waals surface area contributed by atoms with Crippen LogP contribution in [0.25, 0.3) is 0 Å². The van der Waals surface area contributed by atoms with E-state index in [-0.39, 0.29) is 34.6 Å². The standard InChI is InChI=1S/C19H18N2O2/c1-2-18-8-7-15(22)21-10-9-19(17(18)21)12-5-3-4-6-14(12)20-16(23)13(19)11-18/h2-8,13,17H,1,9-11H2,(H,20,23)/t13-,17-,18-,19-/m0/s1. The van der Waals surface area contributed by atoms with Gasteiger partial charge in [-0.3, -0.25) is 9.59 Å². The average molecular weight is 306 g/mol. The molecule has 1 aromatic carbocycles. The SMILES string of the molecule is C=C[C@]12C=CC(=O)N3CC[C@@]4(c5ccccc5NC(=O)[C@@H]4C1)[C@@H]32. The predicted molar refractivity (Wildman–Crippen MR) is 86.7 cm³/mol. The van der Waals surface area contributed by atoms with Crippen LogP contribution < -0.4 is 5.32 Å². The first kappa shape index (κ1) is 13.1. The minimum atomic E-state index is -0.302. The number of fused-ring (bicyclic) bond motifs is 1. The molecule has 1 spiro atoms. The van der Waals surface area contributed by atoms with E-state index in [0.29, 0.717) is 6.54 Å². The molecule has 3 aliphatic heterocycles. The molecule has 1 N–H and O–H groups in total. The molecular formula is C19H18N2O2. The van der Waals surface area contributed by atoms with Crippen LogP contribution in [0.1, 0.15) is 18.4 Å². The lowest BCUT2D eigenvalue weighted by Crippen LogP contribution is -2.54. The molecule has 5 rings (SSSR count). The number of carbonyl (C=O) groups excluding carboxylic acids is 2. The van der Waals surface area contributed by atoms with E-state index < -0.39 is 0 Å². The van der Waals surface area contributed by atoms with Gasteiger partial charge in [0.25, 0.3) is 0 Å². The Morgan fingerprint density at radius 1 is 1.30 bits per heavy atom. The van der Waals surface area contributed by atoms with Crippen LogP contribution in [-0.4, -0.2) is 29.3 Å². The third-order valence-electron chi connectivity index (χ3n) is 6.46. The van der Waals surface area contributed by atoms with Crippen LogP contribution in [0, 0.1) is 11.3 Å². The molecule has 4 heteroatoms. The van der Waals surface area contributed by atoms with E-state index in [1.54, 1.807) is 6.08 Å². The van der Waals surface area contributed by atoms with Gasteiger partial charge in [0, 0.05) is 29.1 Å². The predicted octanol–water partition coefficient (Wildman–Crippen LogP) is 2.24. The van der Waals surface area contributed by atoms with Crippen molar-refractivity contribution in [3.63, 3.8) is 0 Å². The molecule has 2 fully saturated rings. The third kappa shape index (κ3) is 1.30. The van der Waals surface area contributed by atoms with Gasteiger partial charge in [-0.25, -0.2) is 0 Å². The van der Waals surface area contributed by atoms with Gasteiger partial charge in [-0.15, -0.1) is 6.58 Å². The highest BCUT2D eigenvalue weighted by Gasteiger charge is 2.70. The van der Waals surface area contributed by atoms with Crippen molar-refractivity contribution in [2.45, 2.75) is 24.3 Å². The summed E-state index contributed by atoms with van der Waals surface area (Å²) in [7, 11) is 0. The number of rotatable bonds is 1. The fraction of sp³-hybridized carbons (Fsp3) is 0.368. The van der Waals surface area contributed by atoms with Gasteiger partial charge in [-0.05, 0) is 24.5 Å². The normalized spacial score (nSPS) is 39.6. The maximum atomic E-state index is 12.8. The van der Waals surface area contributed by atoms with E-state index in [0.717, 1.165) is 18.5 Å². The topological polar surface area (TPSA) is 49.4 Å². The number of anilines is 1.